The predicted molar refractivity (Wildman–Crippen MR) is 155 cm³/mol. The van der Waals surface area contributed by atoms with Gasteiger partial charge in [0.25, 0.3) is 5.91 Å². The van der Waals surface area contributed by atoms with E-state index in [0.29, 0.717) is 55.5 Å². The Morgan fingerprint density at radius 2 is 1.77 bits per heavy atom. The number of benzene rings is 1. The highest BCUT2D eigenvalue weighted by atomic mass is 35.5. The number of imide groups is 1. The lowest BCUT2D eigenvalue weighted by Crippen LogP contribution is -2.58. The average molecular weight is 623 g/mol. The van der Waals surface area contributed by atoms with E-state index in [4.69, 9.17) is 16.3 Å². The van der Waals surface area contributed by atoms with Crippen LogP contribution in [0.1, 0.15) is 37.6 Å². The van der Waals surface area contributed by atoms with Gasteiger partial charge in [-0.3, -0.25) is 29.6 Å². The number of rotatable bonds is 5. The molecular formula is C29H37ClF2N6O5. The molecule has 1 N–H and O–H groups in total. The zero-order valence-corrected chi connectivity index (χ0v) is 25.3. The molecule has 1 aromatic carbocycles. The smallest absolute Gasteiger partial charge is 0.410 e. The first-order valence-electron chi connectivity index (χ1n) is 14.4. The van der Waals surface area contributed by atoms with Gasteiger partial charge in [0.1, 0.15) is 5.60 Å². The molecule has 3 fully saturated rings. The van der Waals surface area contributed by atoms with Gasteiger partial charge < -0.3 is 14.5 Å². The van der Waals surface area contributed by atoms with E-state index >= 15 is 0 Å². The van der Waals surface area contributed by atoms with Crippen LogP contribution in [0.5, 0.6) is 0 Å². The van der Waals surface area contributed by atoms with E-state index in [1.54, 1.807) is 48.8 Å². The fourth-order valence-electron chi connectivity index (χ4n) is 5.77. The lowest BCUT2D eigenvalue weighted by atomic mass is 9.95. The third-order valence-electron chi connectivity index (χ3n) is 7.93. The Morgan fingerprint density at radius 3 is 2.40 bits per heavy atom. The van der Waals surface area contributed by atoms with Gasteiger partial charge in [0.2, 0.25) is 5.91 Å². The number of anilines is 1. The molecule has 4 aliphatic heterocycles. The number of carbonyl (C=O) groups is 4. The summed E-state index contributed by atoms with van der Waals surface area (Å²) >= 11 is 6.32. The molecule has 0 radical (unpaired) electrons. The molecule has 14 heteroatoms. The molecule has 234 valence electrons. The van der Waals surface area contributed by atoms with Crippen LogP contribution < -0.4 is 10.2 Å². The van der Waals surface area contributed by atoms with Crippen LogP contribution in [0.25, 0.3) is 0 Å². The number of likely N-dealkylation sites (tertiary alicyclic amines) is 1. The third-order valence-corrected chi connectivity index (χ3v) is 8.25. The first-order chi connectivity index (χ1) is 20.2. The first kappa shape index (κ1) is 31.0. The third kappa shape index (κ3) is 7.04. The first-order valence-corrected chi connectivity index (χ1v) is 14.8. The largest absolute Gasteiger partial charge is 0.444 e. The number of amides is 5. The Bertz CT molecular complexity index is 1320. The average Bonchev–Trinajstić information content (AvgIpc) is 2.90. The summed E-state index contributed by atoms with van der Waals surface area (Å²) in [5, 5.41) is 2.57. The summed E-state index contributed by atoms with van der Waals surface area (Å²) in [5.74, 6) is -3.45. The van der Waals surface area contributed by atoms with E-state index in [2.05, 4.69) is 10.2 Å². The van der Waals surface area contributed by atoms with E-state index in [0.717, 1.165) is 11.4 Å². The van der Waals surface area contributed by atoms with Crippen LogP contribution >= 0.6 is 11.6 Å². The quantitative estimate of drug-likeness (QED) is 0.538. The van der Waals surface area contributed by atoms with E-state index in [9.17, 15) is 28.0 Å². The van der Waals surface area contributed by atoms with Crippen LogP contribution in [0.15, 0.2) is 30.0 Å². The van der Waals surface area contributed by atoms with E-state index in [1.165, 1.54) is 11.0 Å². The van der Waals surface area contributed by atoms with Crippen molar-refractivity contribution in [3.63, 3.8) is 0 Å². The molecule has 0 bridgehead atoms. The maximum absolute atomic E-state index is 15.0. The van der Waals surface area contributed by atoms with Gasteiger partial charge in [0, 0.05) is 76.8 Å². The van der Waals surface area contributed by atoms with Crippen molar-refractivity contribution in [3.05, 3.63) is 40.6 Å². The van der Waals surface area contributed by atoms with Crippen molar-refractivity contribution < 1.29 is 32.7 Å². The molecule has 0 aliphatic carbocycles. The monoisotopic (exact) mass is 622 g/mol. The minimum absolute atomic E-state index is 0.0325. The number of alkyl halides is 2. The van der Waals surface area contributed by atoms with Gasteiger partial charge in [-0.05, 0) is 45.0 Å². The molecule has 4 heterocycles. The van der Waals surface area contributed by atoms with Crippen molar-refractivity contribution >= 4 is 41.2 Å². The van der Waals surface area contributed by atoms with Gasteiger partial charge in [0.05, 0.1) is 23.0 Å². The van der Waals surface area contributed by atoms with Crippen LogP contribution in [-0.2, 0) is 9.53 Å². The summed E-state index contributed by atoms with van der Waals surface area (Å²) in [5.41, 5.74) is -0.00848. The summed E-state index contributed by atoms with van der Waals surface area (Å²) in [4.78, 5) is 57.4. The minimum Gasteiger partial charge on any atom is -0.444 e. The number of ether oxygens (including phenoxy) is 1. The number of carbonyl (C=O) groups excluding carboxylic acids is 4. The second-order valence-electron chi connectivity index (χ2n) is 12.4. The highest BCUT2D eigenvalue weighted by molar-refractivity contribution is 6.34. The number of nitrogens with one attached hydrogen (secondary N) is 1. The van der Waals surface area contributed by atoms with Crippen molar-refractivity contribution in [3.8, 4) is 0 Å². The van der Waals surface area contributed by atoms with Gasteiger partial charge in [-0.2, -0.15) is 8.78 Å². The Labute approximate surface area is 254 Å². The number of hydrogen-bond donors (Lipinski definition) is 1. The van der Waals surface area contributed by atoms with E-state index < -0.39 is 30.2 Å². The van der Waals surface area contributed by atoms with Crippen LogP contribution in [0.3, 0.4) is 0 Å². The Hall–Kier alpha value is -3.45. The van der Waals surface area contributed by atoms with Gasteiger partial charge in [-0.15, -0.1) is 0 Å². The Kier molecular flexibility index (Phi) is 8.59. The summed E-state index contributed by atoms with van der Waals surface area (Å²) in [6, 6.07) is 4.21. The zero-order valence-electron chi connectivity index (χ0n) is 24.6. The zero-order chi connectivity index (χ0) is 31.1. The Morgan fingerprint density at radius 1 is 1.07 bits per heavy atom. The number of halogens is 3. The normalized spacial score (nSPS) is 21.8. The lowest BCUT2D eigenvalue weighted by molar-refractivity contribution is -0.120. The molecule has 11 nitrogen and oxygen atoms in total. The van der Waals surface area contributed by atoms with Crippen LogP contribution in [0, 0.1) is 5.92 Å². The lowest BCUT2D eigenvalue weighted by Gasteiger charge is -2.48. The second-order valence-corrected chi connectivity index (χ2v) is 12.8. The highest BCUT2D eigenvalue weighted by Crippen LogP contribution is 2.36. The molecule has 43 heavy (non-hydrogen) atoms. The standard InChI is InChI=1S/C29H37ClF2N6O5/c1-28(2,3)43-27(42)36-8-6-23(29(31,32)18-36)37-16-19(17-37)15-34-10-12-35(13-11-34)25(40)20-4-5-21(30)22(14-20)38-9-7-24(39)33-26(38)41/h4-6,14,19H,7-13,15-18H2,1-3H3,(H,33,39,41). The molecule has 5 rings (SSSR count). The number of piperazine rings is 1. The van der Waals surface area contributed by atoms with Crippen molar-refractivity contribution in [1.82, 2.24) is 24.9 Å². The van der Waals surface area contributed by atoms with Gasteiger partial charge in [-0.1, -0.05) is 11.6 Å². The van der Waals surface area contributed by atoms with Crippen LogP contribution in [-0.4, -0.2) is 121 Å². The van der Waals surface area contributed by atoms with Crippen molar-refractivity contribution in [2.24, 2.45) is 5.92 Å². The topological polar surface area (TPSA) is 106 Å². The number of nitrogens with zero attached hydrogens (tertiary/aromatic N) is 5. The SMILES string of the molecule is CC(C)(C)OC(=O)N1CC=C(N2CC(CN3CCN(C(=O)c4ccc(Cl)c(N5CCC(=O)NC5=O)c4)CC3)C2)C(F)(F)C1. The molecule has 1 aromatic rings. The number of urea groups is 1. The molecule has 0 aromatic heterocycles. The summed E-state index contributed by atoms with van der Waals surface area (Å²) in [6.45, 7) is 8.75. The molecule has 3 saturated heterocycles. The van der Waals surface area contributed by atoms with Crippen LogP contribution in [0.2, 0.25) is 5.02 Å². The van der Waals surface area contributed by atoms with Crippen LogP contribution in [0.4, 0.5) is 24.1 Å². The minimum atomic E-state index is -3.15. The maximum atomic E-state index is 15.0. The highest BCUT2D eigenvalue weighted by Gasteiger charge is 2.47. The maximum Gasteiger partial charge on any atom is 0.410 e. The van der Waals surface area contributed by atoms with Gasteiger partial charge in [-0.25, -0.2) is 9.59 Å². The second kappa shape index (κ2) is 11.9. The van der Waals surface area contributed by atoms with Gasteiger partial charge in [0.15, 0.2) is 0 Å². The van der Waals surface area contributed by atoms with E-state index in [1.807, 2.05) is 0 Å². The molecule has 0 unspecified atom stereocenters. The Balaban J connectivity index is 1.09. The summed E-state index contributed by atoms with van der Waals surface area (Å²) in [7, 11) is 0. The fourth-order valence-corrected chi connectivity index (χ4v) is 5.99. The van der Waals surface area contributed by atoms with Gasteiger partial charge >= 0.3 is 18.0 Å². The fraction of sp³-hybridized carbons (Fsp3) is 0.586. The van der Waals surface area contributed by atoms with Crippen molar-refractivity contribution in [2.45, 2.75) is 38.7 Å². The van der Waals surface area contributed by atoms with Crippen molar-refractivity contribution in [2.75, 3.05) is 70.3 Å². The summed E-state index contributed by atoms with van der Waals surface area (Å²) < 4.78 is 35.2. The molecule has 5 amide bonds. The molecule has 0 spiro atoms. The molecule has 0 atom stereocenters. The summed E-state index contributed by atoms with van der Waals surface area (Å²) in [6.07, 6.45) is 0.825. The molecular weight excluding hydrogens is 586 g/mol. The number of hydrogen-bond acceptors (Lipinski definition) is 7. The predicted octanol–water partition coefficient (Wildman–Crippen LogP) is 3.25. The molecule has 4 aliphatic rings. The van der Waals surface area contributed by atoms with Crippen molar-refractivity contribution in [1.29, 1.82) is 0 Å². The van der Waals surface area contributed by atoms with E-state index in [-0.39, 0.29) is 42.9 Å². The molecule has 0 saturated carbocycles.